The fourth-order valence-corrected chi connectivity index (χ4v) is 4.68. The zero-order valence-electron chi connectivity index (χ0n) is 12.9. The molecule has 0 bridgehead atoms. The first kappa shape index (κ1) is 15.3. The molecule has 0 heterocycles. The Balaban J connectivity index is 2.87. The lowest BCUT2D eigenvalue weighted by Crippen LogP contribution is -2.44. The number of nitriles is 1. The summed E-state index contributed by atoms with van der Waals surface area (Å²) in [5.74, 6) is 1.65. The van der Waals surface area contributed by atoms with E-state index in [2.05, 4.69) is 46.9 Å². The van der Waals surface area contributed by atoms with E-state index in [1.165, 1.54) is 0 Å². The maximum Gasteiger partial charge on any atom is 0.250 e. The van der Waals surface area contributed by atoms with Crippen LogP contribution in [0.2, 0.25) is 18.1 Å². The summed E-state index contributed by atoms with van der Waals surface area (Å²) in [6.45, 7) is 15.7. The van der Waals surface area contributed by atoms with Gasteiger partial charge in [-0.15, -0.1) is 0 Å². The van der Waals surface area contributed by atoms with Gasteiger partial charge in [-0.25, -0.2) is 0 Å². The minimum absolute atomic E-state index is 0.222. The van der Waals surface area contributed by atoms with Gasteiger partial charge in [0.25, 0.3) is 8.32 Å². The Kier molecular flexibility index (Phi) is 4.02. The van der Waals surface area contributed by atoms with Crippen molar-refractivity contribution in [1.29, 1.82) is 5.26 Å². The van der Waals surface area contributed by atoms with Gasteiger partial charge < -0.3 is 4.43 Å². The average Bonchev–Trinajstić information content (AvgIpc) is 2.60. The van der Waals surface area contributed by atoms with Crippen LogP contribution < -0.4 is 0 Å². The molecule has 0 unspecified atom stereocenters. The number of allylic oxidation sites excluding steroid dienone is 2. The molecule has 0 aliphatic heterocycles. The Bertz CT molecular complexity index is 390. The molecule has 2 nitrogen and oxygen atoms in total. The van der Waals surface area contributed by atoms with Gasteiger partial charge in [0, 0.05) is 6.42 Å². The number of nitrogens with zero attached hydrogens (tertiary/aromatic N) is 1. The van der Waals surface area contributed by atoms with E-state index in [1.807, 2.05) is 13.0 Å². The molecule has 0 aromatic carbocycles. The molecule has 1 atom stereocenters. The Morgan fingerprint density at radius 3 is 2.39 bits per heavy atom. The van der Waals surface area contributed by atoms with Crippen molar-refractivity contribution in [2.24, 2.45) is 11.3 Å². The van der Waals surface area contributed by atoms with Crippen molar-refractivity contribution in [2.75, 3.05) is 0 Å². The molecule has 1 aliphatic rings. The maximum atomic E-state index is 9.15. The number of rotatable bonds is 4. The Labute approximate surface area is 113 Å². The van der Waals surface area contributed by atoms with Gasteiger partial charge in [0.15, 0.2) is 0 Å². The van der Waals surface area contributed by atoms with E-state index in [-0.39, 0.29) is 10.5 Å². The Hall–Kier alpha value is -0.753. The predicted molar refractivity (Wildman–Crippen MR) is 78.5 cm³/mol. The highest BCUT2D eigenvalue weighted by atomic mass is 28.4. The van der Waals surface area contributed by atoms with Gasteiger partial charge in [-0.05, 0) is 43.5 Å². The van der Waals surface area contributed by atoms with Gasteiger partial charge in [-0.3, -0.25) is 0 Å². The highest BCUT2D eigenvalue weighted by Gasteiger charge is 2.46. The van der Waals surface area contributed by atoms with E-state index in [0.29, 0.717) is 5.92 Å². The van der Waals surface area contributed by atoms with Crippen LogP contribution in [-0.4, -0.2) is 8.32 Å². The van der Waals surface area contributed by atoms with Gasteiger partial charge in [-0.2, -0.15) is 5.26 Å². The lowest BCUT2D eigenvalue weighted by Gasteiger charge is -2.42. The van der Waals surface area contributed by atoms with E-state index in [9.17, 15) is 0 Å². The lowest BCUT2D eigenvalue weighted by atomic mass is 9.93. The van der Waals surface area contributed by atoms with Crippen LogP contribution in [0.5, 0.6) is 0 Å². The molecule has 1 aliphatic carbocycles. The SMILES string of the molecule is CC(C)C(C)(C)[Si](C)(C)OC1=C[C@](C)(C#N)CC1. The van der Waals surface area contributed by atoms with E-state index >= 15 is 0 Å². The summed E-state index contributed by atoms with van der Waals surface area (Å²) < 4.78 is 6.37. The van der Waals surface area contributed by atoms with Crippen LogP contribution in [-0.2, 0) is 4.43 Å². The van der Waals surface area contributed by atoms with Crippen LogP contribution >= 0.6 is 0 Å². The fourth-order valence-electron chi connectivity index (χ4n) is 2.21. The molecule has 3 heteroatoms. The minimum Gasteiger partial charge on any atom is -0.547 e. The molecule has 0 saturated carbocycles. The molecule has 0 amide bonds. The minimum atomic E-state index is -1.81. The molecule has 0 aromatic heterocycles. The topological polar surface area (TPSA) is 33.0 Å². The molecular formula is C15H27NOSi. The zero-order valence-corrected chi connectivity index (χ0v) is 13.9. The van der Waals surface area contributed by atoms with Crippen LogP contribution in [0.4, 0.5) is 0 Å². The van der Waals surface area contributed by atoms with Crippen molar-refractivity contribution in [3.8, 4) is 6.07 Å². The van der Waals surface area contributed by atoms with Crippen molar-refractivity contribution >= 4 is 8.32 Å². The molecular weight excluding hydrogens is 238 g/mol. The van der Waals surface area contributed by atoms with Crippen molar-refractivity contribution in [3.05, 3.63) is 11.8 Å². The average molecular weight is 265 g/mol. The first-order valence-corrected chi connectivity index (χ1v) is 9.77. The van der Waals surface area contributed by atoms with Crippen LogP contribution in [0.25, 0.3) is 0 Å². The first-order chi connectivity index (χ1) is 8.04. The molecule has 0 aromatic rings. The molecule has 0 radical (unpaired) electrons. The smallest absolute Gasteiger partial charge is 0.250 e. The summed E-state index contributed by atoms with van der Waals surface area (Å²) in [5, 5.41) is 9.37. The van der Waals surface area contributed by atoms with Gasteiger partial charge in [0.2, 0.25) is 0 Å². The predicted octanol–water partition coefficient (Wildman–Crippen LogP) is 4.85. The molecule has 102 valence electrons. The van der Waals surface area contributed by atoms with Crippen molar-refractivity contribution in [1.82, 2.24) is 0 Å². The lowest BCUT2D eigenvalue weighted by molar-refractivity contribution is 0.331. The summed E-state index contributed by atoms with van der Waals surface area (Å²) in [7, 11) is -1.81. The Morgan fingerprint density at radius 2 is 2.00 bits per heavy atom. The Morgan fingerprint density at radius 1 is 1.44 bits per heavy atom. The van der Waals surface area contributed by atoms with Crippen molar-refractivity contribution in [3.63, 3.8) is 0 Å². The molecule has 0 N–H and O–H groups in total. The van der Waals surface area contributed by atoms with Crippen LogP contribution in [0.3, 0.4) is 0 Å². The summed E-state index contributed by atoms with van der Waals surface area (Å²) >= 11 is 0. The van der Waals surface area contributed by atoms with Gasteiger partial charge in [0.05, 0.1) is 17.2 Å². The largest absolute Gasteiger partial charge is 0.547 e. The monoisotopic (exact) mass is 265 g/mol. The molecule has 18 heavy (non-hydrogen) atoms. The molecule has 0 fully saturated rings. The summed E-state index contributed by atoms with van der Waals surface area (Å²) in [6.07, 6.45) is 3.85. The van der Waals surface area contributed by atoms with Gasteiger partial charge in [-0.1, -0.05) is 27.7 Å². The van der Waals surface area contributed by atoms with Crippen molar-refractivity contribution in [2.45, 2.75) is 65.6 Å². The maximum absolute atomic E-state index is 9.15. The number of hydrogen-bond donors (Lipinski definition) is 0. The third-order valence-corrected chi connectivity index (χ3v) is 9.46. The standard InChI is InChI=1S/C15H27NOSi/c1-12(2)14(3,4)18(6,7)17-13-8-9-15(5,10-13)11-16/h10,12H,8-9H2,1-7H3/t15-/m1/s1. The molecule has 0 saturated heterocycles. The first-order valence-electron chi connectivity index (χ1n) is 6.86. The van der Waals surface area contributed by atoms with Crippen LogP contribution in [0, 0.1) is 22.7 Å². The van der Waals surface area contributed by atoms with E-state index in [4.69, 9.17) is 9.69 Å². The van der Waals surface area contributed by atoms with E-state index in [1.54, 1.807) is 0 Å². The molecule has 0 spiro atoms. The summed E-state index contributed by atoms with van der Waals surface area (Å²) in [5.41, 5.74) is -0.318. The van der Waals surface area contributed by atoms with E-state index < -0.39 is 8.32 Å². The third-order valence-electron chi connectivity index (χ3n) is 5.01. The zero-order chi connectivity index (χ0) is 14.2. The van der Waals surface area contributed by atoms with Crippen molar-refractivity contribution < 1.29 is 4.43 Å². The van der Waals surface area contributed by atoms with Crippen LogP contribution in [0.1, 0.15) is 47.5 Å². The third kappa shape index (κ3) is 2.80. The second kappa shape index (κ2) is 4.73. The second-order valence-electron chi connectivity index (χ2n) is 7.13. The highest BCUT2D eigenvalue weighted by Crippen LogP contribution is 2.47. The fraction of sp³-hybridized carbons (Fsp3) is 0.800. The quantitative estimate of drug-likeness (QED) is 0.681. The second-order valence-corrected chi connectivity index (χ2v) is 11.6. The normalized spacial score (nSPS) is 24.9. The summed E-state index contributed by atoms with van der Waals surface area (Å²) in [6, 6.07) is 2.38. The van der Waals surface area contributed by atoms with Gasteiger partial charge >= 0.3 is 0 Å². The number of hydrogen-bond acceptors (Lipinski definition) is 2. The highest BCUT2D eigenvalue weighted by molar-refractivity contribution is 6.74. The molecule has 1 rings (SSSR count). The van der Waals surface area contributed by atoms with Gasteiger partial charge in [0.1, 0.15) is 0 Å². The van der Waals surface area contributed by atoms with Crippen LogP contribution in [0.15, 0.2) is 11.8 Å². The van der Waals surface area contributed by atoms with E-state index in [0.717, 1.165) is 18.6 Å². The summed E-state index contributed by atoms with van der Waals surface area (Å²) in [4.78, 5) is 0.